The number of aryl methyl sites for hydroxylation is 2. The summed E-state index contributed by atoms with van der Waals surface area (Å²) in [5, 5.41) is 4.38. The Labute approximate surface area is 162 Å². The van der Waals surface area contributed by atoms with Crippen molar-refractivity contribution in [3.8, 4) is 0 Å². The first-order chi connectivity index (χ1) is 12.4. The molecule has 7 heteroatoms. The summed E-state index contributed by atoms with van der Waals surface area (Å²) in [5.41, 5.74) is 1.06. The van der Waals surface area contributed by atoms with Gasteiger partial charge in [-0.3, -0.25) is 9.59 Å². The highest BCUT2D eigenvalue weighted by molar-refractivity contribution is 6.35. The van der Waals surface area contributed by atoms with Crippen molar-refractivity contribution in [2.75, 3.05) is 0 Å². The van der Waals surface area contributed by atoms with Crippen LogP contribution < -0.4 is 10.9 Å². The van der Waals surface area contributed by atoms with Gasteiger partial charge >= 0.3 is 0 Å². The van der Waals surface area contributed by atoms with Crippen LogP contribution >= 0.6 is 23.2 Å². The number of hydrogen-bond acceptors (Lipinski definition) is 3. The average Bonchev–Trinajstić information content (AvgIpc) is 2.54. The molecule has 1 saturated carbocycles. The van der Waals surface area contributed by atoms with Gasteiger partial charge in [0.25, 0.3) is 5.56 Å². The zero-order valence-electron chi connectivity index (χ0n) is 14.6. The van der Waals surface area contributed by atoms with Gasteiger partial charge in [-0.2, -0.15) is 0 Å². The molecule has 1 amide bonds. The second kappa shape index (κ2) is 7.80. The van der Waals surface area contributed by atoms with Crippen LogP contribution in [0, 0.1) is 6.92 Å². The topological polar surface area (TPSA) is 74.8 Å². The predicted octanol–water partition coefficient (Wildman–Crippen LogP) is 3.60. The van der Waals surface area contributed by atoms with Crippen LogP contribution in [-0.4, -0.2) is 21.4 Å². The molecule has 2 N–H and O–H groups in total. The average molecular weight is 394 g/mol. The molecule has 0 aliphatic heterocycles. The Hall–Kier alpha value is -1.85. The summed E-state index contributed by atoms with van der Waals surface area (Å²) in [6.45, 7) is 1.72. The molecule has 0 unspecified atom stereocenters. The molecule has 1 aliphatic rings. The van der Waals surface area contributed by atoms with Gasteiger partial charge in [0.05, 0.1) is 0 Å². The number of benzene rings is 1. The van der Waals surface area contributed by atoms with E-state index in [1.165, 1.54) is 6.20 Å². The number of carbonyl (C=O) groups is 1. The van der Waals surface area contributed by atoms with Crippen molar-refractivity contribution in [1.29, 1.82) is 0 Å². The van der Waals surface area contributed by atoms with E-state index in [1.807, 2.05) is 12.1 Å². The van der Waals surface area contributed by atoms with Crippen LogP contribution in [0.4, 0.5) is 0 Å². The fraction of sp³-hybridized carbons (Fsp3) is 0.421. The van der Waals surface area contributed by atoms with E-state index < -0.39 is 0 Å². The van der Waals surface area contributed by atoms with E-state index in [0.717, 1.165) is 24.8 Å². The van der Waals surface area contributed by atoms with Crippen molar-refractivity contribution in [1.82, 2.24) is 15.3 Å². The lowest BCUT2D eigenvalue weighted by molar-refractivity contribution is -0.124. The quantitative estimate of drug-likeness (QED) is 0.786. The number of amides is 1. The molecule has 0 radical (unpaired) electrons. The first-order valence-corrected chi connectivity index (χ1v) is 9.42. The first kappa shape index (κ1) is 18.9. The van der Waals surface area contributed by atoms with Crippen LogP contribution in [0.25, 0.3) is 0 Å². The van der Waals surface area contributed by atoms with Crippen LogP contribution in [0.5, 0.6) is 0 Å². The Bertz CT molecular complexity index is 875. The molecule has 1 aliphatic carbocycles. The van der Waals surface area contributed by atoms with Crippen LogP contribution in [0.1, 0.15) is 42.6 Å². The monoisotopic (exact) mass is 393 g/mol. The maximum absolute atomic E-state index is 12.4. The minimum Gasteiger partial charge on any atom is -0.350 e. The molecule has 1 heterocycles. The fourth-order valence-electron chi connectivity index (χ4n) is 3.27. The van der Waals surface area contributed by atoms with Crippen molar-refractivity contribution in [3.05, 3.63) is 61.7 Å². The third-order valence-corrected chi connectivity index (χ3v) is 5.47. The largest absolute Gasteiger partial charge is 0.350 e. The molecule has 0 saturated heterocycles. The minimum atomic E-state index is -0.257. The third kappa shape index (κ3) is 4.46. The second-order valence-corrected chi connectivity index (χ2v) is 7.76. The number of nitrogens with zero attached hydrogens (tertiary/aromatic N) is 1. The summed E-state index contributed by atoms with van der Waals surface area (Å²) in [7, 11) is 0. The summed E-state index contributed by atoms with van der Waals surface area (Å²) in [5.74, 6) is 0.506. The second-order valence-electron chi connectivity index (χ2n) is 6.92. The first-order valence-electron chi connectivity index (χ1n) is 8.67. The summed E-state index contributed by atoms with van der Waals surface area (Å²) in [6, 6.07) is 5.45. The fourth-order valence-corrected chi connectivity index (χ4v) is 3.75. The highest BCUT2D eigenvalue weighted by Crippen LogP contribution is 2.37. The van der Waals surface area contributed by atoms with Crippen molar-refractivity contribution in [3.63, 3.8) is 0 Å². The number of aromatic nitrogens is 2. The van der Waals surface area contributed by atoms with Gasteiger partial charge in [-0.15, -0.1) is 0 Å². The van der Waals surface area contributed by atoms with Gasteiger partial charge in [0.15, 0.2) is 0 Å². The maximum atomic E-state index is 12.4. The van der Waals surface area contributed by atoms with E-state index >= 15 is 0 Å². The lowest BCUT2D eigenvalue weighted by atomic mass is 9.72. The van der Waals surface area contributed by atoms with Gasteiger partial charge in [-0.25, -0.2) is 4.98 Å². The van der Waals surface area contributed by atoms with E-state index in [4.69, 9.17) is 23.2 Å². The van der Waals surface area contributed by atoms with Gasteiger partial charge in [-0.05, 0) is 56.7 Å². The minimum absolute atomic E-state index is 0.0604. The molecule has 0 spiro atoms. The van der Waals surface area contributed by atoms with Gasteiger partial charge in [0.2, 0.25) is 5.91 Å². The molecule has 0 bridgehead atoms. The smallest absolute Gasteiger partial charge is 0.254 e. The zero-order valence-corrected chi connectivity index (χ0v) is 16.1. The zero-order chi connectivity index (χ0) is 18.7. The van der Waals surface area contributed by atoms with Crippen LogP contribution in [0.3, 0.4) is 0 Å². The number of carbonyl (C=O) groups excluding carboxylic acids is 1. The number of rotatable bonds is 6. The Balaban J connectivity index is 1.62. The van der Waals surface area contributed by atoms with Crippen LogP contribution in [0.15, 0.2) is 29.2 Å². The van der Waals surface area contributed by atoms with E-state index in [9.17, 15) is 9.59 Å². The molecule has 138 valence electrons. The van der Waals surface area contributed by atoms with Crippen LogP contribution in [-0.2, 0) is 17.6 Å². The van der Waals surface area contributed by atoms with Gasteiger partial charge in [0.1, 0.15) is 5.82 Å². The highest BCUT2D eigenvalue weighted by Gasteiger charge is 2.38. The SMILES string of the molecule is Cc1ncc(CCC(=O)NC2(Cc3ccc(Cl)cc3Cl)CCC2)c(=O)[nH]1. The molecular weight excluding hydrogens is 373 g/mol. The summed E-state index contributed by atoms with van der Waals surface area (Å²) < 4.78 is 0. The Kier molecular flexibility index (Phi) is 5.68. The van der Waals surface area contributed by atoms with Crippen molar-refractivity contribution >= 4 is 29.1 Å². The van der Waals surface area contributed by atoms with Crippen molar-refractivity contribution in [2.45, 2.75) is 51.0 Å². The third-order valence-electron chi connectivity index (χ3n) is 4.88. The van der Waals surface area contributed by atoms with Gasteiger partial charge < -0.3 is 10.3 Å². The number of H-pyrrole nitrogens is 1. The van der Waals surface area contributed by atoms with Gasteiger partial charge in [-0.1, -0.05) is 29.3 Å². The molecule has 3 rings (SSSR count). The van der Waals surface area contributed by atoms with E-state index in [0.29, 0.717) is 34.3 Å². The summed E-state index contributed by atoms with van der Waals surface area (Å²) >= 11 is 12.2. The number of hydrogen-bond donors (Lipinski definition) is 2. The number of halogens is 2. The van der Waals surface area contributed by atoms with E-state index in [1.54, 1.807) is 13.0 Å². The molecule has 5 nitrogen and oxygen atoms in total. The number of aromatic amines is 1. The standard InChI is InChI=1S/C19H21Cl2N3O2/c1-12-22-11-14(18(26)23-12)4-6-17(25)24-19(7-2-8-19)10-13-3-5-15(20)9-16(13)21/h3,5,9,11H,2,4,6-8,10H2,1H3,(H,24,25)(H,22,23,26). The molecule has 1 aromatic carbocycles. The van der Waals surface area contributed by atoms with Gasteiger partial charge in [0, 0.05) is 33.8 Å². The molecule has 0 atom stereocenters. The maximum Gasteiger partial charge on any atom is 0.254 e. The van der Waals surface area contributed by atoms with E-state index in [-0.39, 0.29) is 23.4 Å². The predicted molar refractivity (Wildman–Crippen MR) is 103 cm³/mol. The highest BCUT2D eigenvalue weighted by atomic mass is 35.5. The Morgan fingerprint density at radius 2 is 2.08 bits per heavy atom. The van der Waals surface area contributed by atoms with Crippen molar-refractivity contribution in [2.24, 2.45) is 0 Å². The molecular formula is C19H21Cl2N3O2. The summed E-state index contributed by atoms with van der Waals surface area (Å²) in [4.78, 5) is 31.0. The Morgan fingerprint density at radius 1 is 1.31 bits per heavy atom. The lowest BCUT2D eigenvalue weighted by Crippen LogP contribution is -2.55. The molecule has 2 aromatic rings. The lowest BCUT2D eigenvalue weighted by Gasteiger charge is -2.43. The number of nitrogens with one attached hydrogen (secondary N) is 2. The van der Waals surface area contributed by atoms with Crippen LogP contribution in [0.2, 0.25) is 10.0 Å². The Morgan fingerprint density at radius 3 is 2.69 bits per heavy atom. The molecule has 26 heavy (non-hydrogen) atoms. The van der Waals surface area contributed by atoms with Crippen molar-refractivity contribution < 1.29 is 4.79 Å². The molecule has 1 fully saturated rings. The molecule has 1 aromatic heterocycles. The van der Waals surface area contributed by atoms with E-state index in [2.05, 4.69) is 15.3 Å². The normalized spacial score (nSPS) is 15.3. The summed E-state index contributed by atoms with van der Waals surface area (Å²) in [6.07, 6.45) is 5.76.